The molecule has 0 spiro atoms. The van der Waals surface area contributed by atoms with Crippen molar-refractivity contribution in [2.45, 2.75) is 24.7 Å². The van der Waals surface area contributed by atoms with Crippen molar-refractivity contribution in [2.75, 3.05) is 0 Å². The molecule has 2 saturated heterocycles. The Balaban J connectivity index is 1.43. The van der Waals surface area contributed by atoms with Gasteiger partial charge in [0.15, 0.2) is 0 Å². The highest BCUT2D eigenvalue weighted by Gasteiger charge is 2.32. The van der Waals surface area contributed by atoms with Crippen LogP contribution in [0.1, 0.15) is 23.5 Å². The van der Waals surface area contributed by atoms with Crippen molar-refractivity contribution < 1.29 is 0 Å². The van der Waals surface area contributed by atoms with Crippen LogP contribution in [0.25, 0.3) is 0 Å². The average Bonchev–Trinajstić information content (AvgIpc) is 2.70. The highest BCUT2D eigenvalue weighted by molar-refractivity contribution is 7.95. The molecule has 6 N–H and O–H groups in total. The number of hydrogen-bond donors (Lipinski definition) is 6. The number of benzene rings is 2. The van der Waals surface area contributed by atoms with Crippen LogP contribution < -0.4 is 29.5 Å². The van der Waals surface area contributed by atoms with Crippen LogP contribution in [-0.4, -0.2) is 12.3 Å². The highest BCUT2D eigenvalue weighted by atomic mass is 32.2. The lowest BCUT2D eigenvalue weighted by Crippen LogP contribution is -2.66. The maximum Gasteiger partial charge on any atom is 0.0991 e. The Morgan fingerprint density at radius 3 is 1.38 bits per heavy atom. The molecular formula is C16H20N6S2. The zero-order chi connectivity index (χ0) is 16.2. The third kappa shape index (κ3) is 3.76. The first-order valence-electron chi connectivity index (χ1n) is 7.86. The molecule has 2 aliphatic heterocycles. The molecule has 2 heterocycles. The van der Waals surface area contributed by atoms with Crippen molar-refractivity contribution >= 4 is 24.3 Å². The SMILES string of the molecule is c1ccc(C2NSNC(C3NSNC(c4ccccc4)N3)N2)cc1. The Bertz CT molecular complexity index is 586. The lowest BCUT2D eigenvalue weighted by Gasteiger charge is -2.41. The lowest BCUT2D eigenvalue weighted by atomic mass is 10.1. The Kier molecular flexibility index (Phi) is 5.36. The largest absolute Gasteiger partial charge is 0.279 e. The van der Waals surface area contributed by atoms with Crippen molar-refractivity contribution in [3.63, 3.8) is 0 Å². The Morgan fingerprint density at radius 1 is 0.542 bits per heavy atom. The summed E-state index contributed by atoms with van der Waals surface area (Å²) in [6, 6.07) is 20.8. The van der Waals surface area contributed by atoms with Gasteiger partial charge < -0.3 is 0 Å². The third-order valence-electron chi connectivity index (χ3n) is 4.02. The summed E-state index contributed by atoms with van der Waals surface area (Å²) in [4.78, 5) is 0. The molecule has 24 heavy (non-hydrogen) atoms. The van der Waals surface area contributed by atoms with E-state index in [1.807, 2.05) is 12.1 Å². The van der Waals surface area contributed by atoms with Gasteiger partial charge >= 0.3 is 0 Å². The quantitative estimate of drug-likeness (QED) is 0.463. The Hall–Kier alpha value is -1.10. The number of hydrogen-bond acceptors (Lipinski definition) is 8. The summed E-state index contributed by atoms with van der Waals surface area (Å²) >= 11 is 3.05. The van der Waals surface area contributed by atoms with E-state index in [-0.39, 0.29) is 24.7 Å². The summed E-state index contributed by atoms with van der Waals surface area (Å²) in [5.74, 6) is 0. The number of rotatable bonds is 3. The molecule has 4 atom stereocenters. The van der Waals surface area contributed by atoms with Gasteiger partial charge in [0.05, 0.1) is 24.7 Å². The predicted molar refractivity (Wildman–Crippen MR) is 99.9 cm³/mol. The van der Waals surface area contributed by atoms with Gasteiger partial charge in [-0.05, 0) is 11.1 Å². The molecule has 2 fully saturated rings. The maximum atomic E-state index is 3.60. The molecular weight excluding hydrogens is 340 g/mol. The van der Waals surface area contributed by atoms with E-state index in [2.05, 4.69) is 78.1 Å². The first-order chi connectivity index (χ1) is 11.9. The third-order valence-corrected chi connectivity index (χ3v) is 5.47. The van der Waals surface area contributed by atoms with E-state index >= 15 is 0 Å². The van der Waals surface area contributed by atoms with Crippen LogP contribution in [0, 0.1) is 0 Å². The summed E-state index contributed by atoms with van der Waals surface area (Å²) in [6.07, 6.45) is 0.340. The normalized spacial score (nSPS) is 30.8. The van der Waals surface area contributed by atoms with Gasteiger partial charge in [-0.3, -0.25) is 10.6 Å². The summed E-state index contributed by atoms with van der Waals surface area (Å²) in [5, 5.41) is 7.20. The second-order valence-corrected chi connectivity index (χ2v) is 7.00. The monoisotopic (exact) mass is 360 g/mol. The molecule has 4 rings (SSSR count). The van der Waals surface area contributed by atoms with Crippen LogP contribution in [0.2, 0.25) is 0 Å². The minimum atomic E-state index is 0.0715. The van der Waals surface area contributed by atoms with E-state index in [4.69, 9.17) is 0 Å². The molecule has 6 nitrogen and oxygen atoms in total. The van der Waals surface area contributed by atoms with E-state index in [9.17, 15) is 0 Å². The topological polar surface area (TPSA) is 72.2 Å². The van der Waals surface area contributed by atoms with Gasteiger partial charge in [-0.25, -0.2) is 18.9 Å². The second kappa shape index (κ2) is 7.85. The van der Waals surface area contributed by atoms with Gasteiger partial charge in [0.25, 0.3) is 0 Å². The molecule has 126 valence electrons. The lowest BCUT2D eigenvalue weighted by molar-refractivity contribution is 0.267. The fraction of sp³-hybridized carbons (Fsp3) is 0.250. The van der Waals surface area contributed by atoms with E-state index in [0.29, 0.717) is 0 Å². The van der Waals surface area contributed by atoms with Crippen LogP contribution >= 0.6 is 24.3 Å². The highest BCUT2D eigenvalue weighted by Crippen LogP contribution is 2.21. The van der Waals surface area contributed by atoms with Crippen molar-refractivity contribution in [3.8, 4) is 0 Å². The van der Waals surface area contributed by atoms with E-state index in [0.717, 1.165) is 0 Å². The molecule has 2 aromatic carbocycles. The molecule has 4 unspecified atom stereocenters. The van der Waals surface area contributed by atoms with Gasteiger partial charge in [-0.2, -0.15) is 0 Å². The van der Waals surface area contributed by atoms with E-state index in [1.54, 1.807) is 0 Å². The maximum absolute atomic E-state index is 3.60. The Morgan fingerprint density at radius 2 is 0.958 bits per heavy atom. The van der Waals surface area contributed by atoms with E-state index in [1.165, 1.54) is 35.4 Å². The molecule has 0 radical (unpaired) electrons. The molecule has 2 aromatic rings. The zero-order valence-corrected chi connectivity index (χ0v) is 14.5. The summed E-state index contributed by atoms with van der Waals surface area (Å²) in [7, 11) is 0. The fourth-order valence-electron chi connectivity index (χ4n) is 2.76. The first-order valence-corrected chi connectivity index (χ1v) is 9.49. The van der Waals surface area contributed by atoms with Gasteiger partial charge in [0.1, 0.15) is 0 Å². The van der Waals surface area contributed by atoms with Crippen molar-refractivity contribution in [3.05, 3.63) is 71.8 Å². The Labute approximate surface area is 150 Å². The molecule has 0 aliphatic carbocycles. The van der Waals surface area contributed by atoms with Gasteiger partial charge in [-0.15, -0.1) is 0 Å². The molecule has 0 saturated carbocycles. The molecule has 8 heteroatoms. The summed E-state index contributed by atoms with van der Waals surface area (Å²) in [5.41, 5.74) is 2.44. The van der Waals surface area contributed by atoms with Crippen molar-refractivity contribution in [2.24, 2.45) is 0 Å². The minimum Gasteiger partial charge on any atom is -0.279 e. The first kappa shape index (κ1) is 16.4. The van der Waals surface area contributed by atoms with Gasteiger partial charge in [-0.1, -0.05) is 60.7 Å². The van der Waals surface area contributed by atoms with E-state index < -0.39 is 0 Å². The standard InChI is InChI=1S/C16H20N6S2/c1-3-7-11(8-4-1)13-17-15(21-23-19-13)16-18-14(20-24-22-16)12-9-5-2-6-10-12/h1-10,13-22H. The van der Waals surface area contributed by atoms with Crippen molar-refractivity contribution in [1.82, 2.24) is 29.5 Å². The molecule has 0 bridgehead atoms. The van der Waals surface area contributed by atoms with Gasteiger partial charge in [0, 0.05) is 24.3 Å². The molecule has 0 amide bonds. The molecule has 2 aliphatic rings. The van der Waals surface area contributed by atoms with Crippen LogP contribution in [0.3, 0.4) is 0 Å². The predicted octanol–water partition coefficient (Wildman–Crippen LogP) is 1.73. The van der Waals surface area contributed by atoms with Crippen LogP contribution in [0.5, 0.6) is 0 Å². The average molecular weight is 361 g/mol. The van der Waals surface area contributed by atoms with Crippen molar-refractivity contribution in [1.29, 1.82) is 0 Å². The van der Waals surface area contributed by atoms with Crippen LogP contribution in [0.15, 0.2) is 60.7 Å². The summed E-state index contributed by atoms with van der Waals surface area (Å²) < 4.78 is 13.5. The summed E-state index contributed by atoms with van der Waals surface area (Å²) in [6.45, 7) is 0. The number of nitrogens with one attached hydrogen (secondary N) is 6. The minimum absolute atomic E-state index is 0.0715. The van der Waals surface area contributed by atoms with Gasteiger partial charge in [0.2, 0.25) is 0 Å². The zero-order valence-electron chi connectivity index (χ0n) is 12.9. The molecule has 0 aromatic heterocycles. The van der Waals surface area contributed by atoms with Crippen LogP contribution in [-0.2, 0) is 0 Å². The van der Waals surface area contributed by atoms with Crippen LogP contribution in [0.4, 0.5) is 0 Å². The fourth-order valence-corrected chi connectivity index (χ4v) is 4.20. The second-order valence-electron chi connectivity index (χ2n) is 5.65. The smallest absolute Gasteiger partial charge is 0.0991 e.